The van der Waals surface area contributed by atoms with E-state index in [0.717, 1.165) is 72.4 Å². The zero-order valence-electron chi connectivity index (χ0n) is 27.7. The van der Waals surface area contributed by atoms with Crippen molar-refractivity contribution in [3.8, 4) is 11.1 Å². The summed E-state index contributed by atoms with van der Waals surface area (Å²) in [5.41, 5.74) is 11.0. The number of ketones is 2. The maximum absolute atomic E-state index is 14.1. The van der Waals surface area contributed by atoms with Gasteiger partial charge in [0.2, 0.25) is 0 Å². The van der Waals surface area contributed by atoms with Crippen LogP contribution in [0.25, 0.3) is 21.9 Å². The normalized spacial score (nSPS) is 15.9. The quantitative estimate of drug-likeness (QED) is 0.0767. The molecule has 6 aromatic rings. The maximum atomic E-state index is 14.1. The number of fused-ring (bicyclic) bond motifs is 10. The van der Waals surface area contributed by atoms with E-state index < -0.39 is 17.0 Å². The highest BCUT2D eigenvalue weighted by molar-refractivity contribution is 6.57. The predicted octanol–water partition coefficient (Wildman–Crippen LogP) is 12.7. The SMILES string of the molecule is Cc1cc(C)c(N2/C(=C/C=C3C(=O)c4c(Cl)c(Cl)c(Cl)c(Cl)c4C3=O)C3(c4ccccc4-c4ccccc43)c3c2ccc2ccccc32)c(C)c1. The Morgan fingerprint density at radius 2 is 1.14 bits per heavy atom. The zero-order chi connectivity index (χ0) is 35.5. The molecule has 1 spiro atoms. The summed E-state index contributed by atoms with van der Waals surface area (Å²) < 4.78 is 0. The summed E-state index contributed by atoms with van der Waals surface area (Å²) in [4.78, 5) is 30.5. The van der Waals surface area contributed by atoms with Gasteiger partial charge in [-0.1, -0.05) is 143 Å². The number of carbonyl (C=O) groups is 2. The summed E-state index contributed by atoms with van der Waals surface area (Å²) in [6.07, 6.45) is 3.56. The summed E-state index contributed by atoms with van der Waals surface area (Å²) in [5.74, 6) is -1.09. The molecular weight excluding hydrogens is 716 g/mol. The van der Waals surface area contributed by atoms with Gasteiger partial charge >= 0.3 is 0 Å². The third-order valence-electron chi connectivity index (χ3n) is 10.6. The van der Waals surface area contributed by atoms with Gasteiger partial charge in [-0.15, -0.1) is 0 Å². The molecule has 0 radical (unpaired) electrons. The number of nitrogens with zero attached hydrogens (tertiary/aromatic N) is 1. The molecule has 0 unspecified atom stereocenters. The lowest BCUT2D eigenvalue weighted by molar-refractivity contribution is 0.0989. The van der Waals surface area contributed by atoms with E-state index >= 15 is 0 Å². The van der Waals surface area contributed by atoms with Gasteiger partial charge < -0.3 is 4.90 Å². The average molecular weight is 744 g/mol. The first-order chi connectivity index (χ1) is 24.6. The van der Waals surface area contributed by atoms with E-state index in [9.17, 15) is 9.59 Å². The molecule has 3 aliphatic rings. The molecule has 0 fully saturated rings. The van der Waals surface area contributed by atoms with Crippen molar-refractivity contribution in [1.82, 2.24) is 0 Å². The van der Waals surface area contributed by atoms with Gasteiger partial charge in [0, 0.05) is 11.3 Å². The van der Waals surface area contributed by atoms with Crippen molar-refractivity contribution in [3.63, 3.8) is 0 Å². The van der Waals surface area contributed by atoms with Crippen molar-refractivity contribution in [2.45, 2.75) is 26.2 Å². The van der Waals surface area contributed by atoms with Crippen molar-refractivity contribution in [3.05, 3.63) is 185 Å². The van der Waals surface area contributed by atoms with Crippen molar-refractivity contribution in [2.24, 2.45) is 0 Å². The molecule has 0 saturated heterocycles. The monoisotopic (exact) mass is 741 g/mol. The highest BCUT2D eigenvalue weighted by atomic mass is 35.5. The fourth-order valence-electron chi connectivity index (χ4n) is 8.76. The largest absolute Gasteiger partial charge is 0.312 e. The van der Waals surface area contributed by atoms with E-state index in [-0.39, 0.29) is 36.8 Å². The Morgan fingerprint density at radius 1 is 0.608 bits per heavy atom. The molecule has 1 aliphatic heterocycles. The van der Waals surface area contributed by atoms with Crippen LogP contribution in [0.2, 0.25) is 20.1 Å². The van der Waals surface area contributed by atoms with E-state index in [1.807, 2.05) is 6.08 Å². The van der Waals surface area contributed by atoms with Crippen molar-refractivity contribution >= 4 is 80.1 Å². The van der Waals surface area contributed by atoms with E-state index in [1.54, 1.807) is 6.08 Å². The standard InChI is InChI=1S/C44H27Cl4NO2/c1-22-20-23(2)41(24(3)21-22)49-32-18-16-25-10-4-5-11-26(25)36(32)44(30-14-8-6-12-27(30)28-13-7-9-15-31(28)44)33(49)19-17-29-42(50)34-35(43(29)51)38(46)40(48)39(47)37(34)45/h4-21H,1-3H3/b33-19+. The number of aryl methyl sites for hydroxylation is 3. The molecule has 1 heterocycles. The second-order valence-electron chi connectivity index (χ2n) is 13.4. The Labute approximate surface area is 315 Å². The van der Waals surface area contributed by atoms with E-state index in [0.29, 0.717) is 0 Å². The first-order valence-electron chi connectivity index (χ1n) is 16.5. The lowest BCUT2D eigenvalue weighted by Crippen LogP contribution is -2.31. The minimum absolute atomic E-state index is 0.0280. The van der Waals surface area contributed by atoms with Crippen molar-refractivity contribution in [1.29, 1.82) is 0 Å². The predicted molar refractivity (Wildman–Crippen MR) is 210 cm³/mol. The van der Waals surface area contributed by atoms with Crippen LogP contribution >= 0.6 is 46.4 Å². The van der Waals surface area contributed by atoms with Gasteiger partial charge in [0.05, 0.1) is 53.6 Å². The molecule has 0 atom stereocenters. The second-order valence-corrected chi connectivity index (χ2v) is 14.9. The van der Waals surface area contributed by atoms with Crippen LogP contribution in [0.3, 0.4) is 0 Å². The van der Waals surface area contributed by atoms with Gasteiger partial charge in [0.1, 0.15) is 0 Å². The Hall–Kier alpha value is -4.64. The number of allylic oxidation sites excluding steroid dienone is 4. The number of rotatable bonds is 2. The van der Waals surface area contributed by atoms with Crippen LogP contribution in [0, 0.1) is 20.8 Å². The first kappa shape index (κ1) is 32.3. The first-order valence-corrected chi connectivity index (χ1v) is 18.1. The minimum Gasteiger partial charge on any atom is -0.312 e. The number of hydrogen-bond donors (Lipinski definition) is 0. The van der Waals surface area contributed by atoms with Crippen LogP contribution in [0.5, 0.6) is 0 Å². The molecule has 51 heavy (non-hydrogen) atoms. The zero-order valence-corrected chi connectivity index (χ0v) is 30.7. The summed E-state index contributed by atoms with van der Waals surface area (Å²) in [6.45, 7) is 6.36. The number of benzene rings is 6. The number of halogens is 4. The fourth-order valence-corrected chi connectivity index (χ4v) is 9.78. The topological polar surface area (TPSA) is 37.4 Å². The molecule has 3 nitrogen and oxygen atoms in total. The van der Waals surface area contributed by atoms with Crippen LogP contribution in [-0.2, 0) is 5.41 Å². The molecule has 0 bridgehead atoms. The lowest BCUT2D eigenvalue weighted by Gasteiger charge is -2.34. The van der Waals surface area contributed by atoms with Crippen LogP contribution in [0.15, 0.2) is 120 Å². The highest BCUT2D eigenvalue weighted by Crippen LogP contribution is 2.65. The van der Waals surface area contributed by atoms with Gasteiger partial charge in [-0.3, -0.25) is 9.59 Å². The summed E-state index contributed by atoms with van der Waals surface area (Å²) in [6, 6.07) is 34.3. The Bertz CT molecular complexity index is 2550. The number of carbonyl (C=O) groups excluding carboxylic acids is 2. The van der Waals surface area contributed by atoms with E-state index in [4.69, 9.17) is 46.4 Å². The Balaban J connectivity index is 1.43. The summed E-state index contributed by atoms with van der Waals surface area (Å²) in [7, 11) is 0. The highest BCUT2D eigenvalue weighted by Gasteiger charge is 2.56. The maximum Gasteiger partial charge on any atom is 0.199 e. The molecule has 248 valence electrons. The number of anilines is 2. The molecule has 0 amide bonds. The van der Waals surface area contributed by atoms with Crippen molar-refractivity contribution < 1.29 is 9.59 Å². The molecule has 0 saturated carbocycles. The molecule has 6 aromatic carbocycles. The van der Waals surface area contributed by atoms with Gasteiger partial charge in [0.15, 0.2) is 11.6 Å². The summed E-state index contributed by atoms with van der Waals surface area (Å²) >= 11 is 25.8. The van der Waals surface area contributed by atoms with Crippen molar-refractivity contribution in [2.75, 3.05) is 4.90 Å². The number of hydrogen-bond acceptors (Lipinski definition) is 3. The Morgan fingerprint density at radius 3 is 1.73 bits per heavy atom. The molecule has 0 N–H and O–H groups in total. The fraction of sp³-hybridized carbons (Fsp3) is 0.0909. The van der Waals surface area contributed by atoms with Gasteiger partial charge in [-0.2, -0.15) is 0 Å². The molecule has 7 heteroatoms. The van der Waals surface area contributed by atoms with Crippen LogP contribution in [0.1, 0.15) is 54.1 Å². The molecule has 9 rings (SSSR count). The van der Waals surface area contributed by atoms with Crippen LogP contribution in [-0.4, -0.2) is 11.6 Å². The smallest absolute Gasteiger partial charge is 0.199 e. The Kier molecular flexibility index (Phi) is 7.24. The molecular formula is C44H27Cl4NO2. The van der Waals surface area contributed by atoms with Gasteiger partial charge in [0.25, 0.3) is 0 Å². The second kappa shape index (κ2) is 11.4. The van der Waals surface area contributed by atoms with Crippen LogP contribution in [0.4, 0.5) is 11.4 Å². The van der Waals surface area contributed by atoms with E-state index in [2.05, 4.69) is 123 Å². The third kappa shape index (κ3) is 4.21. The molecule has 0 aromatic heterocycles. The minimum atomic E-state index is -0.816. The molecule has 2 aliphatic carbocycles. The number of Topliss-reactive ketones (excluding diaryl/α,β-unsaturated/α-hetero) is 2. The van der Waals surface area contributed by atoms with E-state index in [1.165, 1.54) is 0 Å². The summed E-state index contributed by atoms with van der Waals surface area (Å²) in [5, 5.41) is 1.94. The van der Waals surface area contributed by atoms with Gasteiger partial charge in [-0.25, -0.2) is 0 Å². The van der Waals surface area contributed by atoms with Gasteiger partial charge in [-0.05, 0) is 83.1 Å². The average Bonchev–Trinajstić information content (AvgIpc) is 3.68. The van der Waals surface area contributed by atoms with Crippen LogP contribution < -0.4 is 4.90 Å². The lowest BCUT2D eigenvalue weighted by atomic mass is 9.70. The third-order valence-corrected chi connectivity index (χ3v) is 12.4.